The van der Waals surface area contributed by atoms with Crippen LogP contribution in [-0.4, -0.2) is 48.8 Å². The molecule has 0 saturated carbocycles. The lowest BCUT2D eigenvalue weighted by Gasteiger charge is -2.36. The van der Waals surface area contributed by atoms with Gasteiger partial charge in [-0.3, -0.25) is 0 Å². The first kappa shape index (κ1) is 13.3. The molecule has 2 aliphatic rings. The van der Waals surface area contributed by atoms with Crippen molar-refractivity contribution >= 4 is 0 Å². The van der Waals surface area contributed by atoms with Gasteiger partial charge in [0.05, 0.1) is 12.2 Å². The fourth-order valence-electron chi connectivity index (χ4n) is 3.07. The molecule has 2 atom stereocenters. The SMILES string of the molecule is CN(CCOC(C)(C)C)C1CC2CCC(C1)N2. The van der Waals surface area contributed by atoms with Crippen molar-refractivity contribution in [2.75, 3.05) is 20.2 Å². The zero-order chi connectivity index (χ0) is 12.5. The molecule has 0 aromatic heterocycles. The summed E-state index contributed by atoms with van der Waals surface area (Å²) in [6.07, 6.45) is 5.41. The molecule has 0 amide bonds. The van der Waals surface area contributed by atoms with E-state index in [9.17, 15) is 0 Å². The topological polar surface area (TPSA) is 24.5 Å². The number of nitrogens with one attached hydrogen (secondary N) is 1. The highest BCUT2D eigenvalue weighted by atomic mass is 16.5. The second-order valence-corrected chi connectivity index (χ2v) is 6.70. The van der Waals surface area contributed by atoms with Crippen LogP contribution in [0.25, 0.3) is 0 Å². The summed E-state index contributed by atoms with van der Waals surface area (Å²) >= 11 is 0. The molecular formula is C14H28N2O. The van der Waals surface area contributed by atoms with Crippen LogP contribution in [0.5, 0.6) is 0 Å². The smallest absolute Gasteiger partial charge is 0.0600 e. The summed E-state index contributed by atoms with van der Waals surface area (Å²) in [5.41, 5.74) is -0.00596. The summed E-state index contributed by atoms with van der Waals surface area (Å²) in [5.74, 6) is 0. The summed E-state index contributed by atoms with van der Waals surface area (Å²) in [6.45, 7) is 8.27. The van der Waals surface area contributed by atoms with Crippen LogP contribution in [0.3, 0.4) is 0 Å². The van der Waals surface area contributed by atoms with E-state index in [-0.39, 0.29) is 5.60 Å². The summed E-state index contributed by atoms with van der Waals surface area (Å²) in [5, 5.41) is 3.70. The quantitative estimate of drug-likeness (QED) is 0.813. The molecule has 3 nitrogen and oxygen atoms in total. The van der Waals surface area contributed by atoms with Gasteiger partial charge in [0, 0.05) is 24.7 Å². The summed E-state index contributed by atoms with van der Waals surface area (Å²) < 4.78 is 5.80. The molecule has 2 unspecified atom stereocenters. The predicted octanol–water partition coefficient (Wildman–Crippen LogP) is 2.02. The van der Waals surface area contributed by atoms with E-state index in [0.29, 0.717) is 0 Å². The largest absolute Gasteiger partial charge is 0.375 e. The van der Waals surface area contributed by atoms with Crippen LogP contribution < -0.4 is 5.32 Å². The van der Waals surface area contributed by atoms with E-state index in [4.69, 9.17) is 4.74 Å². The number of rotatable bonds is 4. The second-order valence-electron chi connectivity index (χ2n) is 6.70. The Morgan fingerprint density at radius 1 is 1.18 bits per heavy atom. The molecule has 2 saturated heterocycles. The number of likely N-dealkylation sites (N-methyl/N-ethyl adjacent to an activating group) is 1. The molecule has 2 fully saturated rings. The number of nitrogens with zero attached hydrogens (tertiary/aromatic N) is 1. The standard InChI is InChI=1S/C14H28N2O/c1-14(2,3)17-8-7-16(4)13-9-11-5-6-12(10-13)15-11/h11-13,15H,5-10H2,1-4H3. The molecule has 100 valence electrons. The summed E-state index contributed by atoms with van der Waals surface area (Å²) in [6, 6.07) is 2.33. The third-order valence-corrected chi connectivity index (χ3v) is 4.05. The van der Waals surface area contributed by atoms with Crippen LogP contribution in [0.15, 0.2) is 0 Å². The first-order valence-electron chi connectivity index (χ1n) is 7.04. The highest BCUT2D eigenvalue weighted by molar-refractivity contribution is 4.95. The predicted molar refractivity (Wildman–Crippen MR) is 71.3 cm³/mol. The van der Waals surface area contributed by atoms with Gasteiger partial charge in [-0.1, -0.05) is 0 Å². The Kier molecular flexibility index (Phi) is 4.11. The first-order valence-corrected chi connectivity index (χ1v) is 7.04. The van der Waals surface area contributed by atoms with Gasteiger partial charge in [0.2, 0.25) is 0 Å². The van der Waals surface area contributed by atoms with Gasteiger partial charge in [0.25, 0.3) is 0 Å². The van der Waals surface area contributed by atoms with Gasteiger partial charge in [-0.05, 0) is 53.5 Å². The Bertz CT molecular complexity index is 237. The molecular weight excluding hydrogens is 212 g/mol. The lowest BCUT2D eigenvalue weighted by molar-refractivity contribution is -0.0165. The highest BCUT2D eigenvalue weighted by Crippen LogP contribution is 2.29. The Hall–Kier alpha value is -0.120. The average Bonchev–Trinajstić information content (AvgIpc) is 2.55. The van der Waals surface area contributed by atoms with E-state index in [1.165, 1.54) is 25.7 Å². The highest BCUT2D eigenvalue weighted by Gasteiger charge is 2.34. The van der Waals surface area contributed by atoms with Gasteiger partial charge in [-0.2, -0.15) is 0 Å². The molecule has 17 heavy (non-hydrogen) atoms. The number of fused-ring (bicyclic) bond motifs is 2. The number of piperidine rings is 1. The number of ether oxygens (including phenoxy) is 1. The minimum Gasteiger partial charge on any atom is -0.375 e. The average molecular weight is 240 g/mol. The van der Waals surface area contributed by atoms with Crippen molar-refractivity contribution in [3.63, 3.8) is 0 Å². The Morgan fingerprint density at radius 2 is 1.76 bits per heavy atom. The molecule has 1 N–H and O–H groups in total. The fourth-order valence-corrected chi connectivity index (χ4v) is 3.07. The zero-order valence-electron chi connectivity index (χ0n) is 11.8. The van der Waals surface area contributed by atoms with Crippen LogP contribution >= 0.6 is 0 Å². The van der Waals surface area contributed by atoms with Gasteiger partial charge in [0.15, 0.2) is 0 Å². The minimum absolute atomic E-state index is 0.00596. The van der Waals surface area contributed by atoms with Gasteiger partial charge in [-0.25, -0.2) is 0 Å². The maximum atomic E-state index is 5.80. The van der Waals surface area contributed by atoms with E-state index in [1.54, 1.807) is 0 Å². The second kappa shape index (κ2) is 5.25. The van der Waals surface area contributed by atoms with Crippen molar-refractivity contribution in [3.05, 3.63) is 0 Å². The third-order valence-electron chi connectivity index (χ3n) is 4.05. The zero-order valence-corrected chi connectivity index (χ0v) is 11.8. The maximum Gasteiger partial charge on any atom is 0.0600 e. The summed E-state index contributed by atoms with van der Waals surface area (Å²) in [7, 11) is 2.25. The number of hydrogen-bond donors (Lipinski definition) is 1. The molecule has 0 aromatic rings. The monoisotopic (exact) mass is 240 g/mol. The Morgan fingerprint density at radius 3 is 2.29 bits per heavy atom. The number of hydrogen-bond acceptors (Lipinski definition) is 3. The van der Waals surface area contributed by atoms with Gasteiger partial charge < -0.3 is 15.0 Å². The van der Waals surface area contributed by atoms with Gasteiger partial charge in [0.1, 0.15) is 0 Å². The fraction of sp³-hybridized carbons (Fsp3) is 1.00. The van der Waals surface area contributed by atoms with Crippen molar-refractivity contribution < 1.29 is 4.74 Å². The molecule has 2 rings (SSSR count). The molecule has 2 aliphatic heterocycles. The lowest BCUT2D eigenvalue weighted by atomic mass is 9.99. The van der Waals surface area contributed by atoms with Crippen molar-refractivity contribution in [2.45, 2.75) is 70.2 Å². The van der Waals surface area contributed by atoms with E-state index in [1.807, 2.05) is 0 Å². The molecule has 0 aromatic carbocycles. The minimum atomic E-state index is -0.00596. The van der Waals surface area contributed by atoms with Crippen molar-refractivity contribution in [1.29, 1.82) is 0 Å². The molecule has 0 aliphatic carbocycles. The van der Waals surface area contributed by atoms with Crippen molar-refractivity contribution in [2.24, 2.45) is 0 Å². The van der Waals surface area contributed by atoms with Crippen LogP contribution in [0.4, 0.5) is 0 Å². The van der Waals surface area contributed by atoms with E-state index >= 15 is 0 Å². The van der Waals surface area contributed by atoms with Gasteiger partial charge >= 0.3 is 0 Å². The molecule has 3 heteroatoms. The van der Waals surface area contributed by atoms with Crippen molar-refractivity contribution in [3.8, 4) is 0 Å². The summed E-state index contributed by atoms with van der Waals surface area (Å²) in [4.78, 5) is 2.50. The molecule has 0 spiro atoms. The molecule has 2 heterocycles. The maximum absolute atomic E-state index is 5.80. The Labute approximate surface area is 106 Å². The molecule has 0 radical (unpaired) electrons. The van der Waals surface area contributed by atoms with Gasteiger partial charge in [-0.15, -0.1) is 0 Å². The van der Waals surface area contributed by atoms with E-state index in [0.717, 1.165) is 31.3 Å². The van der Waals surface area contributed by atoms with Crippen LogP contribution in [0.1, 0.15) is 46.5 Å². The Balaban J connectivity index is 1.71. The van der Waals surface area contributed by atoms with Crippen LogP contribution in [0, 0.1) is 0 Å². The van der Waals surface area contributed by atoms with Crippen LogP contribution in [0.2, 0.25) is 0 Å². The lowest BCUT2D eigenvalue weighted by Crippen LogP contribution is -2.47. The van der Waals surface area contributed by atoms with E-state index < -0.39 is 0 Å². The van der Waals surface area contributed by atoms with Crippen molar-refractivity contribution in [1.82, 2.24) is 10.2 Å². The molecule has 2 bridgehead atoms. The van der Waals surface area contributed by atoms with E-state index in [2.05, 4.69) is 38.0 Å². The third kappa shape index (κ3) is 3.94. The first-order chi connectivity index (χ1) is 7.94. The normalized spacial score (nSPS) is 33.4. The van der Waals surface area contributed by atoms with Crippen LogP contribution in [-0.2, 0) is 4.74 Å².